The second-order valence-electron chi connectivity index (χ2n) is 6.17. The summed E-state index contributed by atoms with van der Waals surface area (Å²) in [5, 5.41) is 9.20. The SMILES string of the molecule is CC1(C)CCN(C(=O)C2CC=CCC2C(=O)O)C1. The molecule has 0 bridgehead atoms. The summed E-state index contributed by atoms with van der Waals surface area (Å²) >= 11 is 0. The lowest BCUT2D eigenvalue weighted by Crippen LogP contribution is -2.41. The van der Waals surface area contributed by atoms with Crippen LogP contribution in [-0.2, 0) is 9.59 Å². The van der Waals surface area contributed by atoms with Crippen LogP contribution in [0.4, 0.5) is 0 Å². The van der Waals surface area contributed by atoms with Crippen molar-refractivity contribution in [3.8, 4) is 0 Å². The summed E-state index contributed by atoms with van der Waals surface area (Å²) in [7, 11) is 0. The van der Waals surface area contributed by atoms with Gasteiger partial charge in [-0.05, 0) is 24.7 Å². The first-order valence-corrected chi connectivity index (χ1v) is 6.57. The number of amides is 1. The number of allylic oxidation sites excluding steroid dienone is 2. The molecule has 0 radical (unpaired) electrons. The molecule has 0 aromatic rings. The van der Waals surface area contributed by atoms with Crippen molar-refractivity contribution >= 4 is 11.9 Å². The van der Waals surface area contributed by atoms with E-state index in [0.29, 0.717) is 12.8 Å². The van der Waals surface area contributed by atoms with Gasteiger partial charge in [-0.2, -0.15) is 0 Å². The molecule has 2 atom stereocenters. The van der Waals surface area contributed by atoms with Gasteiger partial charge in [0.15, 0.2) is 0 Å². The highest BCUT2D eigenvalue weighted by Crippen LogP contribution is 2.33. The third-order valence-corrected chi connectivity index (χ3v) is 4.06. The zero-order valence-corrected chi connectivity index (χ0v) is 11.1. The van der Waals surface area contributed by atoms with E-state index in [-0.39, 0.29) is 17.2 Å². The summed E-state index contributed by atoms with van der Waals surface area (Å²) in [6, 6.07) is 0. The molecule has 0 aromatic heterocycles. The standard InChI is InChI=1S/C14H21NO3/c1-14(2)7-8-15(9-14)12(16)10-5-3-4-6-11(10)13(17)18/h3-4,10-11H,5-9H2,1-2H3,(H,17,18). The number of hydrogen-bond acceptors (Lipinski definition) is 2. The van der Waals surface area contributed by atoms with Gasteiger partial charge in [-0.3, -0.25) is 9.59 Å². The first kappa shape index (κ1) is 13.1. The van der Waals surface area contributed by atoms with Gasteiger partial charge < -0.3 is 10.0 Å². The number of carboxylic acid groups (broad SMARTS) is 1. The van der Waals surface area contributed by atoms with E-state index in [0.717, 1.165) is 19.5 Å². The van der Waals surface area contributed by atoms with E-state index in [2.05, 4.69) is 13.8 Å². The number of carboxylic acids is 1. The molecule has 18 heavy (non-hydrogen) atoms. The van der Waals surface area contributed by atoms with Crippen LogP contribution in [0.15, 0.2) is 12.2 Å². The van der Waals surface area contributed by atoms with Crippen molar-refractivity contribution in [2.75, 3.05) is 13.1 Å². The van der Waals surface area contributed by atoms with Crippen LogP contribution in [0.25, 0.3) is 0 Å². The van der Waals surface area contributed by atoms with Crippen LogP contribution in [0, 0.1) is 17.3 Å². The molecule has 1 fully saturated rings. The average Bonchev–Trinajstić information content (AvgIpc) is 2.68. The molecule has 0 saturated carbocycles. The molecule has 1 saturated heterocycles. The zero-order valence-electron chi connectivity index (χ0n) is 11.1. The summed E-state index contributed by atoms with van der Waals surface area (Å²) in [4.78, 5) is 25.5. The molecule has 100 valence electrons. The van der Waals surface area contributed by atoms with Crippen LogP contribution < -0.4 is 0 Å². The Labute approximate surface area is 108 Å². The minimum absolute atomic E-state index is 0.0253. The van der Waals surface area contributed by atoms with Gasteiger partial charge in [-0.15, -0.1) is 0 Å². The maximum absolute atomic E-state index is 12.4. The lowest BCUT2D eigenvalue weighted by Gasteiger charge is -2.29. The van der Waals surface area contributed by atoms with Crippen LogP contribution in [0.1, 0.15) is 33.1 Å². The lowest BCUT2D eigenvalue weighted by molar-refractivity contribution is -0.150. The predicted octanol–water partition coefficient (Wildman–Crippen LogP) is 1.91. The van der Waals surface area contributed by atoms with Gasteiger partial charge >= 0.3 is 5.97 Å². The quantitative estimate of drug-likeness (QED) is 0.763. The fraction of sp³-hybridized carbons (Fsp3) is 0.714. The molecule has 2 unspecified atom stereocenters. The van der Waals surface area contributed by atoms with E-state index < -0.39 is 11.9 Å². The zero-order chi connectivity index (χ0) is 13.3. The number of likely N-dealkylation sites (tertiary alicyclic amines) is 1. The van der Waals surface area contributed by atoms with Gasteiger partial charge in [0, 0.05) is 13.1 Å². The largest absolute Gasteiger partial charge is 0.481 e. The van der Waals surface area contributed by atoms with Gasteiger partial charge in [0.2, 0.25) is 5.91 Å². The molecule has 0 spiro atoms. The summed E-state index contributed by atoms with van der Waals surface area (Å²) in [5.74, 6) is -1.75. The van der Waals surface area contributed by atoms with Gasteiger partial charge in [0.1, 0.15) is 0 Å². The van der Waals surface area contributed by atoms with Crippen molar-refractivity contribution in [2.24, 2.45) is 17.3 Å². The fourth-order valence-corrected chi connectivity index (χ4v) is 2.90. The number of nitrogens with zero attached hydrogens (tertiary/aromatic N) is 1. The molecule has 1 aliphatic heterocycles. The lowest BCUT2D eigenvalue weighted by atomic mass is 9.82. The fourth-order valence-electron chi connectivity index (χ4n) is 2.90. The molecule has 1 N–H and O–H groups in total. The Hall–Kier alpha value is -1.32. The Morgan fingerprint density at radius 1 is 1.22 bits per heavy atom. The summed E-state index contributed by atoms with van der Waals surface area (Å²) in [6.45, 7) is 5.81. The molecule has 2 rings (SSSR count). The first-order valence-electron chi connectivity index (χ1n) is 6.57. The Morgan fingerprint density at radius 3 is 2.33 bits per heavy atom. The van der Waals surface area contributed by atoms with Crippen LogP contribution in [-0.4, -0.2) is 35.0 Å². The molecule has 1 aliphatic carbocycles. The third kappa shape index (κ3) is 2.57. The molecular weight excluding hydrogens is 230 g/mol. The monoisotopic (exact) mass is 251 g/mol. The highest BCUT2D eigenvalue weighted by Gasteiger charge is 2.40. The first-order chi connectivity index (χ1) is 8.41. The van der Waals surface area contributed by atoms with Crippen LogP contribution in [0.3, 0.4) is 0 Å². The summed E-state index contributed by atoms with van der Waals surface area (Å²) < 4.78 is 0. The van der Waals surface area contributed by atoms with Gasteiger partial charge in [-0.1, -0.05) is 26.0 Å². The van der Waals surface area contributed by atoms with Crippen LogP contribution in [0.5, 0.6) is 0 Å². The van der Waals surface area contributed by atoms with E-state index >= 15 is 0 Å². The predicted molar refractivity (Wildman–Crippen MR) is 68.0 cm³/mol. The van der Waals surface area contributed by atoms with E-state index in [4.69, 9.17) is 0 Å². The second kappa shape index (κ2) is 4.75. The molecule has 4 nitrogen and oxygen atoms in total. The molecule has 2 aliphatic rings. The molecule has 4 heteroatoms. The van der Waals surface area contributed by atoms with E-state index in [1.165, 1.54) is 0 Å². The number of aliphatic carboxylic acids is 1. The Kier molecular flexibility index (Phi) is 3.46. The Morgan fingerprint density at radius 2 is 1.83 bits per heavy atom. The van der Waals surface area contributed by atoms with Crippen molar-refractivity contribution in [1.29, 1.82) is 0 Å². The molecule has 1 heterocycles. The maximum Gasteiger partial charge on any atom is 0.307 e. The van der Waals surface area contributed by atoms with E-state index in [9.17, 15) is 14.7 Å². The highest BCUT2D eigenvalue weighted by atomic mass is 16.4. The van der Waals surface area contributed by atoms with E-state index in [1.54, 1.807) is 0 Å². The van der Waals surface area contributed by atoms with Crippen LogP contribution >= 0.6 is 0 Å². The maximum atomic E-state index is 12.4. The van der Waals surface area contributed by atoms with Crippen molar-refractivity contribution in [1.82, 2.24) is 4.90 Å². The third-order valence-electron chi connectivity index (χ3n) is 4.06. The molecule has 0 aromatic carbocycles. The Balaban J connectivity index is 2.08. The molecular formula is C14H21NO3. The minimum Gasteiger partial charge on any atom is -0.481 e. The number of carbonyl (C=O) groups is 2. The molecule has 1 amide bonds. The number of rotatable bonds is 2. The van der Waals surface area contributed by atoms with Crippen LogP contribution in [0.2, 0.25) is 0 Å². The van der Waals surface area contributed by atoms with Gasteiger partial charge in [0.25, 0.3) is 0 Å². The summed E-state index contributed by atoms with van der Waals surface area (Å²) in [5.41, 5.74) is 0.166. The minimum atomic E-state index is -0.851. The van der Waals surface area contributed by atoms with Gasteiger partial charge in [0.05, 0.1) is 11.8 Å². The smallest absolute Gasteiger partial charge is 0.307 e. The van der Waals surface area contributed by atoms with Gasteiger partial charge in [-0.25, -0.2) is 0 Å². The van der Waals surface area contributed by atoms with Crippen molar-refractivity contribution in [3.63, 3.8) is 0 Å². The average molecular weight is 251 g/mol. The van der Waals surface area contributed by atoms with Crippen molar-refractivity contribution in [3.05, 3.63) is 12.2 Å². The van der Waals surface area contributed by atoms with Crippen molar-refractivity contribution < 1.29 is 14.7 Å². The topological polar surface area (TPSA) is 57.6 Å². The highest BCUT2D eigenvalue weighted by molar-refractivity contribution is 5.85. The Bertz CT molecular complexity index is 387. The normalized spacial score (nSPS) is 30.4. The van der Waals surface area contributed by atoms with E-state index in [1.807, 2.05) is 17.1 Å². The van der Waals surface area contributed by atoms with Crippen molar-refractivity contribution in [2.45, 2.75) is 33.1 Å². The second-order valence-corrected chi connectivity index (χ2v) is 6.17. The summed E-state index contributed by atoms with van der Waals surface area (Å²) in [6.07, 6.45) is 5.84. The number of hydrogen-bond donors (Lipinski definition) is 1. The number of carbonyl (C=O) groups excluding carboxylic acids is 1.